The number of aliphatic hydroxyl groups excluding tert-OH is 1. The Kier molecular flexibility index (Phi) is 11.4. The Hall–Kier alpha value is -4.53. The van der Waals surface area contributed by atoms with Crippen molar-refractivity contribution in [3.05, 3.63) is 112 Å². The lowest BCUT2D eigenvalue weighted by atomic mass is 9.80. The third kappa shape index (κ3) is 7.69. The van der Waals surface area contributed by atoms with E-state index in [2.05, 4.69) is 63.0 Å². The normalized spacial score (nSPS) is 19.4. The predicted molar refractivity (Wildman–Crippen MR) is 212 cm³/mol. The number of H-pyrrole nitrogens is 1. The van der Waals surface area contributed by atoms with Gasteiger partial charge in [-0.05, 0) is 65.0 Å². The predicted octanol–water partition coefficient (Wildman–Crippen LogP) is 6.86. The Bertz CT molecular complexity index is 2010. The summed E-state index contributed by atoms with van der Waals surface area (Å²) < 4.78 is 33.6. The van der Waals surface area contributed by atoms with Crippen molar-refractivity contribution in [3.8, 4) is 11.5 Å². The molecule has 3 aromatic carbocycles. The molecule has 0 spiro atoms. The van der Waals surface area contributed by atoms with Gasteiger partial charge in [-0.25, -0.2) is 4.98 Å². The average Bonchev–Trinajstić information content (AvgIpc) is 3.71. The summed E-state index contributed by atoms with van der Waals surface area (Å²) in [6.45, 7) is 15.5. The number of imidazole rings is 1. The highest BCUT2D eigenvalue weighted by Crippen LogP contribution is 2.45. The molecule has 288 valence electrons. The number of aromatic amines is 1. The number of ether oxygens (including phenoxy) is 4. The molecule has 0 saturated carbocycles. The molecule has 0 bridgehead atoms. The van der Waals surface area contributed by atoms with Gasteiger partial charge in [0.15, 0.2) is 25.7 Å². The Balaban J connectivity index is 1.44. The van der Waals surface area contributed by atoms with Crippen LogP contribution in [0.2, 0.25) is 18.1 Å². The standard InChI is InChI=1S/C41H53N5O7Si/c1-26(2)23-42-39-44-36-33(37(48)45-39)43-25-46(36)38-35(53-54(8,9)40(3,4)5)34(47)32(52-38)24-51-41(27-13-11-10-12-14-27,28-15-19-30(49-6)20-16-28)29-17-21-31(50-7)22-18-29/h10-22,25-26,32,34-35,38,47H,23-24H2,1-9H3,(H2,42,44,45,48)/t32-,34-,35-,38-/m1/s1. The largest absolute Gasteiger partial charge is 0.497 e. The van der Waals surface area contributed by atoms with Crippen molar-refractivity contribution in [2.24, 2.45) is 5.92 Å². The number of methoxy groups -OCH3 is 2. The first-order valence-corrected chi connectivity index (χ1v) is 21.3. The Morgan fingerprint density at radius 2 is 1.50 bits per heavy atom. The molecule has 0 unspecified atom stereocenters. The van der Waals surface area contributed by atoms with Crippen LogP contribution in [-0.4, -0.2) is 78.6 Å². The molecule has 0 aliphatic carbocycles. The summed E-state index contributed by atoms with van der Waals surface area (Å²) in [6, 6.07) is 25.5. The molecule has 4 atom stereocenters. The molecule has 1 fully saturated rings. The quantitative estimate of drug-likeness (QED) is 0.0813. The number of hydrogen-bond donors (Lipinski definition) is 3. The van der Waals surface area contributed by atoms with Gasteiger partial charge in [-0.15, -0.1) is 0 Å². The van der Waals surface area contributed by atoms with Crippen LogP contribution in [0, 0.1) is 5.92 Å². The van der Waals surface area contributed by atoms with Crippen LogP contribution >= 0.6 is 0 Å². The second kappa shape index (κ2) is 15.7. The van der Waals surface area contributed by atoms with Gasteiger partial charge in [0.2, 0.25) is 5.95 Å². The van der Waals surface area contributed by atoms with Crippen LogP contribution in [0.15, 0.2) is 90.0 Å². The Morgan fingerprint density at radius 1 is 0.926 bits per heavy atom. The van der Waals surface area contributed by atoms with Crippen molar-refractivity contribution in [2.75, 3.05) is 32.7 Å². The molecule has 0 amide bonds. The third-order valence-corrected chi connectivity index (χ3v) is 15.0. The molecule has 13 heteroatoms. The highest BCUT2D eigenvalue weighted by Gasteiger charge is 2.52. The Morgan fingerprint density at radius 3 is 2.04 bits per heavy atom. The molecule has 0 radical (unpaired) electrons. The first kappa shape index (κ1) is 39.2. The van der Waals surface area contributed by atoms with E-state index in [0.29, 0.717) is 35.6 Å². The van der Waals surface area contributed by atoms with Crippen LogP contribution in [0.1, 0.15) is 57.5 Å². The monoisotopic (exact) mass is 755 g/mol. The number of nitrogens with one attached hydrogen (secondary N) is 2. The summed E-state index contributed by atoms with van der Waals surface area (Å²) in [5.74, 6) is 2.07. The summed E-state index contributed by atoms with van der Waals surface area (Å²) in [6.07, 6.45) is -2.11. The van der Waals surface area contributed by atoms with Crippen molar-refractivity contribution < 1.29 is 28.5 Å². The molecular weight excluding hydrogens is 703 g/mol. The fraction of sp³-hybridized carbons (Fsp3) is 0.439. The maximum Gasteiger partial charge on any atom is 0.280 e. The topological polar surface area (TPSA) is 142 Å². The van der Waals surface area contributed by atoms with Crippen LogP contribution < -0.4 is 20.3 Å². The minimum absolute atomic E-state index is 0.0240. The lowest BCUT2D eigenvalue weighted by molar-refractivity contribution is -0.0940. The molecule has 1 aliphatic heterocycles. The van der Waals surface area contributed by atoms with Gasteiger partial charge in [-0.2, -0.15) is 4.98 Å². The molecule has 6 rings (SSSR count). The van der Waals surface area contributed by atoms with Gasteiger partial charge in [0.1, 0.15) is 35.4 Å². The van der Waals surface area contributed by atoms with Gasteiger partial charge in [-0.3, -0.25) is 14.3 Å². The molecule has 54 heavy (non-hydrogen) atoms. The number of rotatable bonds is 14. The second-order valence-corrected chi connectivity index (χ2v) is 20.5. The van der Waals surface area contributed by atoms with Gasteiger partial charge in [-0.1, -0.05) is 89.2 Å². The molecule has 3 heterocycles. The average molecular weight is 756 g/mol. The van der Waals surface area contributed by atoms with E-state index in [9.17, 15) is 9.90 Å². The first-order chi connectivity index (χ1) is 25.7. The molecule has 1 aliphatic rings. The number of aliphatic hydroxyl groups is 1. The third-order valence-electron chi connectivity index (χ3n) is 10.6. The molecule has 3 N–H and O–H groups in total. The van der Waals surface area contributed by atoms with E-state index in [1.54, 1.807) is 18.8 Å². The zero-order valence-electron chi connectivity index (χ0n) is 32.6. The van der Waals surface area contributed by atoms with Crippen molar-refractivity contribution >= 4 is 25.4 Å². The number of aromatic nitrogens is 4. The summed E-state index contributed by atoms with van der Waals surface area (Å²) in [5.41, 5.74) is 1.55. The lowest BCUT2D eigenvalue weighted by Gasteiger charge is -2.40. The number of hydrogen-bond acceptors (Lipinski definition) is 10. The van der Waals surface area contributed by atoms with Gasteiger partial charge >= 0.3 is 0 Å². The minimum atomic E-state index is -2.48. The van der Waals surface area contributed by atoms with Crippen molar-refractivity contribution in [1.82, 2.24) is 19.5 Å². The van der Waals surface area contributed by atoms with Crippen molar-refractivity contribution in [2.45, 2.75) is 82.9 Å². The van der Waals surface area contributed by atoms with E-state index >= 15 is 0 Å². The number of benzene rings is 3. The zero-order chi connectivity index (χ0) is 38.8. The van der Waals surface area contributed by atoms with Crippen molar-refractivity contribution in [1.29, 1.82) is 0 Å². The SMILES string of the molecule is COc1ccc(C(OC[C@H]2O[C@@H](n3cnc4c(=O)[nH]c(NCC(C)C)nc43)[C@H](O[Si](C)(C)C(C)(C)C)[C@@H]2O)(c2ccccc2)c2ccc(OC)cc2)cc1. The lowest BCUT2D eigenvalue weighted by Crippen LogP contribution is -2.49. The van der Waals surface area contributed by atoms with E-state index in [1.807, 2.05) is 78.9 Å². The fourth-order valence-corrected chi connectivity index (χ4v) is 7.79. The summed E-state index contributed by atoms with van der Waals surface area (Å²) in [7, 11) is 0.783. The summed E-state index contributed by atoms with van der Waals surface area (Å²) in [5, 5.41) is 15.3. The molecular formula is C41H53N5O7Si. The maximum absolute atomic E-state index is 13.2. The highest BCUT2D eigenvalue weighted by molar-refractivity contribution is 6.74. The molecule has 2 aromatic heterocycles. The number of nitrogens with zero attached hydrogens (tertiary/aromatic N) is 3. The van der Waals surface area contributed by atoms with Crippen LogP contribution in [-0.2, 0) is 19.5 Å². The van der Waals surface area contributed by atoms with Crippen LogP contribution in [0.3, 0.4) is 0 Å². The van der Waals surface area contributed by atoms with Crippen molar-refractivity contribution in [3.63, 3.8) is 0 Å². The van der Waals surface area contributed by atoms with E-state index in [0.717, 1.165) is 16.7 Å². The maximum atomic E-state index is 13.2. The molecule has 1 saturated heterocycles. The zero-order valence-corrected chi connectivity index (χ0v) is 33.6. The summed E-state index contributed by atoms with van der Waals surface area (Å²) >= 11 is 0. The van der Waals surface area contributed by atoms with Gasteiger partial charge in [0.05, 0.1) is 27.2 Å². The second-order valence-electron chi connectivity index (χ2n) is 15.7. The fourth-order valence-electron chi connectivity index (χ4n) is 6.50. The van der Waals surface area contributed by atoms with E-state index < -0.39 is 38.5 Å². The number of fused-ring (bicyclic) bond motifs is 1. The summed E-state index contributed by atoms with van der Waals surface area (Å²) in [4.78, 5) is 25.2. The first-order valence-electron chi connectivity index (χ1n) is 18.4. The van der Waals surface area contributed by atoms with E-state index in [1.165, 1.54) is 6.33 Å². The Labute approximate surface area is 318 Å². The van der Waals surface area contributed by atoms with Crippen LogP contribution in [0.25, 0.3) is 11.2 Å². The van der Waals surface area contributed by atoms with Gasteiger partial charge in [0, 0.05) is 6.54 Å². The van der Waals surface area contributed by atoms with E-state index in [-0.39, 0.29) is 22.7 Å². The van der Waals surface area contributed by atoms with Gasteiger partial charge < -0.3 is 33.8 Å². The smallest absolute Gasteiger partial charge is 0.280 e. The van der Waals surface area contributed by atoms with Crippen LogP contribution in [0.4, 0.5) is 5.95 Å². The minimum Gasteiger partial charge on any atom is -0.497 e. The van der Waals surface area contributed by atoms with Gasteiger partial charge in [0.25, 0.3) is 5.56 Å². The van der Waals surface area contributed by atoms with E-state index in [4.69, 9.17) is 28.4 Å². The van der Waals surface area contributed by atoms with Crippen LogP contribution in [0.5, 0.6) is 11.5 Å². The highest BCUT2D eigenvalue weighted by atomic mass is 28.4. The molecule has 5 aromatic rings. The molecule has 12 nitrogen and oxygen atoms in total. The number of anilines is 1.